The van der Waals surface area contributed by atoms with E-state index in [1.54, 1.807) is 6.20 Å². The van der Waals surface area contributed by atoms with Gasteiger partial charge in [-0.3, -0.25) is 0 Å². The molecule has 0 unspecified atom stereocenters. The number of nitrogens with two attached hydrogens (primary N) is 1. The molecule has 0 aliphatic carbocycles. The number of hydrogen-bond acceptors (Lipinski definition) is 3. The van der Waals surface area contributed by atoms with Crippen molar-refractivity contribution in [3.63, 3.8) is 0 Å². The van der Waals surface area contributed by atoms with E-state index in [0.29, 0.717) is 6.54 Å². The maximum absolute atomic E-state index is 6.16. The zero-order chi connectivity index (χ0) is 11.5. The van der Waals surface area contributed by atoms with Gasteiger partial charge in [-0.2, -0.15) is 0 Å². The first-order valence-electron chi connectivity index (χ1n) is 4.85. The first-order chi connectivity index (χ1) is 7.72. The molecule has 16 heavy (non-hydrogen) atoms. The Morgan fingerprint density at radius 2 is 2.31 bits per heavy atom. The van der Waals surface area contributed by atoms with Gasteiger partial charge in [0.05, 0.1) is 5.02 Å². The molecule has 1 aromatic carbocycles. The van der Waals surface area contributed by atoms with Gasteiger partial charge in [-0.1, -0.05) is 23.7 Å². The molecule has 2 N–H and O–H groups in total. The minimum atomic E-state index is 0.479. The van der Waals surface area contributed by atoms with Gasteiger partial charge < -0.3 is 10.3 Å². The minimum absolute atomic E-state index is 0.479. The first kappa shape index (κ1) is 11.5. The predicted molar refractivity (Wildman–Crippen MR) is 66.7 cm³/mol. The van der Waals surface area contributed by atoms with Crippen molar-refractivity contribution < 1.29 is 0 Å². The van der Waals surface area contributed by atoms with E-state index in [2.05, 4.69) is 4.98 Å². The lowest BCUT2D eigenvalue weighted by molar-refractivity contribution is 0.789. The maximum atomic E-state index is 6.16. The molecule has 3 nitrogen and oxygen atoms in total. The number of aryl methyl sites for hydroxylation is 1. The van der Waals surface area contributed by atoms with Crippen LogP contribution in [-0.4, -0.2) is 9.55 Å². The van der Waals surface area contributed by atoms with E-state index in [9.17, 15) is 0 Å². The van der Waals surface area contributed by atoms with Gasteiger partial charge in [-0.05, 0) is 23.4 Å². The van der Waals surface area contributed by atoms with E-state index in [-0.39, 0.29) is 0 Å². The average molecular weight is 254 g/mol. The second-order valence-electron chi connectivity index (χ2n) is 3.35. The molecule has 0 saturated carbocycles. The zero-order valence-corrected chi connectivity index (χ0v) is 10.4. The lowest BCUT2D eigenvalue weighted by Gasteiger charge is -2.08. The van der Waals surface area contributed by atoms with Crippen molar-refractivity contribution in [2.75, 3.05) is 0 Å². The Hall–Kier alpha value is -0.970. The third-order valence-corrected chi connectivity index (χ3v) is 3.93. The molecule has 1 aromatic heterocycles. The van der Waals surface area contributed by atoms with Crippen LogP contribution in [-0.2, 0) is 13.6 Å². The highest BCUT2D eigenvalue weighted by atomic mass is 35.5. The number of hydrogen-bond donors (Lipinski definition) is 1. The van der Waals surface area contributed by atoms with Crippen LogP contribution in [0.25, 0.3) is 0 Å². The van der Waals surface area contributed by atoms with Gasteiger partial charge in [0, 0.05) is 30.9 Å². The SMILES string of the molecule is Cn1ccnc1Sc1c(Cl)cccc1CN. The second-order valence-corrected chi connectivity index (χ2v) is 4.74. The molecule has 0 aliphatic heterocycles. The number of halogens is 1. The molecule has 1 heterocycles. The van der Waals surface area contributed by atoms with Gasteiger partial charge in [0.25, 0.3) is 0 Å². The van der Waals surface area contributed by atoms with Crippen molar-refractivity contribution in [2.24, 2.45) is 12.8 Å². The van der Waals surface area contributed by atoms with Crippen LogP contribution in [0.5, 0.6) is 0 Å². The zero-order valence-electron chi connectivity index (χ0n) is 8.85. The summed E-state index contributed by atoms with van der Waals surface area (Å²) in [5, 5.41) is 1.62. The van der Waals surface area contributed by atoms with Crippen molar-refractivity contribution in [3.05, 3.63) is 41.2 Å². The van der Waals surface area contributed by atoms with E-state index < -0.39 is 0 Å². The molecular formula is C11H12ClN3S. The van der Waals surface area contributed by atoms with Crippen molar-refractivity contribution in [2.45, 2.75) is 16.6 Å². The number of aromatic nitrogens is 2. The van der Waals surface area contributed by atoms with Crippen LogP contribution in [0.2, 0.25) is 5.02 Å². The Kier molecular flexibility index (Phi) is 3.53. The van der Waals surface area contributed by atoms with Crippen molar-refractivity contribution in [1.29, 1.82) is 0 Å². The molecule has 5 heteroatoms. The van der Waals surface area contributed by atoms with Gasteiger partial charge >= 0.3 is 0 Å². The lowest BCUT2D eigenvalue weighted by Crippen LogP contribution is -1.99. The Bertz CT molecular complexity index is 496. The minimum Gasteiger partial charge on any atom is -0.329 e. The molecule has 2 rings (SSSR count). The Balaban J connectivity index is 2.37. The fraction of sp³-hybridized carbons (Fsp3) is 0.182. The summed E-state index contributed by atoms with van der Waals surface area (Å²) in [6, 6.07) is 5.76. The van der Waals surface area contributed by atoms with Crippen LogP contribution < -0.4 is 5.73 Å². The molecule has 0 radical (unpaired) electrons. The Morgan fingerprint density at radius 3 is 2.94 bits per heavy atom. The summed E-state index contributed by atoms with van der Waals surface area (Å²) >= 11 is 7.70. The largest absolute Gasteiger partial charge is 0.329 e. The monoisotopic (exact) mass is 253 g/mol. The summed E-state index contributed by atoms with van der Waals surface area (Å²) in [5.74, 6) is 0. The molecular weight excluding hydrogens is 242 g/mol. The molecule has 84 valence electrons. The van der Waals surface area contributed by atoms with E-state index in [4.69, 9.17) is 17.3 Å². The van der Waals surface area contributed by atoms with Crippen LogP contribution in [0, 0.1) is 0 Å². The van der Waals surface area contributed by atoms with Crippen LogP contribution in [0.3, 0.4) is 0 Å². The summed E-state index contributed by atoms with van der Waals surface area (Å²) < 4.78 is 1.95. The van der Waals surface area contributed by atoms with E-state index in [1.165, 1.54) is 11.8 Å². The number of benzene rings is 1. The summed E-state index contributed by atoms with van der Waals surface area (Å²) in [5.41, 5.74) is 6.73. The second kappa shape index (κ2) is 4.91. The molecule has 0 aliphatic rings. The molecule has 0 bridgehead atoms. The van der Waals surface area contributed by atoms with Gasteiger partial charge in [0.1, 0.15) is 0 Å². The average Bonchev–Trinajstić information content (AvgIpc) is 2.67. The molecule has 0 spiro atoms. The van der Waals surface area contributed by atoms with Gasteiger partial charge in [0.15, 0.2) is 5.16 Å². The Labute approximate surface area is 104 Å². The van der Waals surface area contributed by atoms with Crippen LogP contribution in [0.1, 0.15) is 5.56 Å². The van der Waals surface area contributed by atoms with Crippen LogP contribution in [0.15, 0.2) is 40.6 Å². The fourth-order valence-corrected chi connectivity index (χ4v) is 2.63. The topological polar surface area (TPSA) is 43.8 Å². The molecule has 0 fully saturated rings. The third-order valence-electron chi connectivity index (χ3n) is 2.24. The quantitative estimate of drug-likeness (QED) is 0.915. The van der Waals surface area contributed by atoms with Crippen LogP contribution in [0.4, 0.5) is 0 Å². The smallest absolute Gasteiger partial charge is 0.172 e. The Morgan fingerprint density at radius 1 is 1.50 bits per heavy atom. The van der Waals surface area contributed by atoms with Gasteiger partial charge in [0.2, 0.25) is 0 Å². The normalized spacial score (nSPS) is 10.7. The highest BCUT2D eigenvalue weighted by molar-refractivity contribution is 7.99. The van der Waals surface area contributed by atoms with Crippen molar-refractivity contribution in [1.82, 2.24) is 9.55 Å². The molecule has 0 amide bonds. The summed E-state index contributed by atoms with van der Waals surface area (Å²) in [7, 11) is 1.95. The highest BCUT2D eigenvalue weighted by Gasteiger charge is 2.10. The maximum Gasteiger partial charge on any atom is 0.172 e. The number of imidazole rings is 1. The lowest BCUT2D eigenvalue weighted by atomic mass is 10.2. The van der Waals surface area contributed by atoms with Crippen molar-refractivity contribution in [3.8, 4) is 0 Å². The number of rotatable bonds is 3. The summed E-state index contributed by atoms with van der Waals surface area (Å²) in [4.78, 5) is 5.24. The first-order valence-corrected chi connectivity index (χ1v) is 6.04. The summed E-state index contributed by atoms with van der Waals surface area (Å²) in [6.45, 7) is 0.479. The van der Waals surface area contributed by atoms with Crippen molar-refractivity contribution >= 4 is 23.4 Å². The van der Waals surface area contributed by atoms with Gasteiger partial charge in [-0.15, -0.1) is 0 Å². The van der Waals surface area contributed by atoms with E-state index in [0.717, 1.165) is 20.6 Å². The van der Waals surface area contributed by atoms with E-state index in [1.807, 2.05) is 36.0 Å². The standard InChI is InChI=1S/C11H12ClN3S/c1-15-6-5-14-11(15)16-10-8(7-13)3-2-4-9(10)12/h2-6H,7,13H2,1H3. The van der Waals surface area contributed by atoms with E-state index >= 15 is 0 Å². The fourth-order valence-electron chi connectivity index (χ4n) is 1.37. The highest BCUT2D eigenvalue weighted by Crippen LogP contribution is 2.34. The summed E-state index contributed by atoms with van der Waals surface area (Å²) in [6.07, 6.45) is 3.67. The van der Waals surface area contributed by atoms with Crippen LogP contribution >= 0.6 is 23.4 Å². The predicted octanol–water partition coefficient (Wildman–Crippen LogP) is 2.68. The number of nitrogens with zero attached hydrogens (tertiary/aromatic N) is 2. The molecule has 2 aromatic rings. The third kappa shape index (κ3) is 2.24. The van der Waals surface area contributed by atoms with Gasteiger partial charge in [-0.25, -0.2) is 4.98 Å². The molecule has 0 saturated heterocycles. The molecule has 0 atom stereocenters.